The minimum absolute atomic E-state index is 0.111. The molecule has 1 aliphatic rings. The molecule has 1 saturated heterocycles. The lowest BCUT2D eigenvalue weighted by Gasteiger charge is -2.21. The van der Waals surface area contributed by atoms with Gasteiger partial charge in [-0.2, -0.15) is 4.31 Å². The summed E-state index contributed by atoms with van der Waals surface area (Å²) in [6.07, 6.45) is 4.13. The summed E-state index contributed by atoms with van der Waals surface area (Å²) < 4.78 is 26.9. The van der Waals surface area contributed by atoms with Gasteiger partial charge in [-0.25, -0.2) is 13.4 Å². The maximum absolute atomic E-state index is 12.7. The second kappa shape index (κ2) is 6.82. The van der Waals surface area contributed by atoms with Crippen molar-refractivity contribution in [2.24, 2.45) is 11.8 Å². The lowest BCUT2D eigenvalue weighted by atomic mass is 9.89. The van der Waals surface area contributed by atoms with Crippen LogP contribution in [-0.4, -0.2) is 30.8 Å². The lowest BCUT2D eigenvalue weighted by molar-refractivity contribution is 0.340. The third-order valence-electron chi connectivity index (χ3n) is 4.08. The lowest BCUT2D eigenvalue weighted by Crippen LogP contribution is -2.32. The van der Waals surface area contributed by atoms with Crippen molar-refractivity contribution in [3.8, 4) is 0 Å². The predicted molar refractivity (Wildman–Crippen MR) is 85.2 cm³/mol. The molecular formula is C14H20Cl2N2O2S. The number of rotatable bonds is 3. The molecule has 1 aromatic heterocycles. The van der Waals surface area contributed by atoms with E-state index in [1.165, 1.54) is 16.6 Å². The molecule has 1 aliphatic heterocycles. The Morgan fingerprint density at radius 3 is 2.62 bits per heavy atom. The van der Waals surface area contributed by atoms with Crippen LogP contribution < -0.4 is 0 Å². The first-order chi connectivity index (χ1) is 9.82. The molecule has 1 unspecified atom stereocenters. The van der Waals surface area contributed by atoms with Crippen molar-refractivity contribution in [1.82, 2.24) is 9.29 Å². The zero-order valence-electron chi connectivity index (χ0n) is 12.2. The fourth-order valence-corrected chi connectivity index (χ4v) is 4.50. The summed E-state index contributed by atoms with van der Waals surface area (Å²) in [6, 6.07) is 1.37. The molecule has 0 saturated carbocycles. The van der Waals surface area contributed by atoms with Crippen molar-refractivity contribution in [3.05, 3.63) is 22.4 Å². The minimum Gasteiger partial charge on any atom is -0.242 e. The molecule has 2 rings (SSSR count). The monoisotopic (exact) mass is 350 g/mol. The summed E-state index contributed by atoms with van der Waals surface area (Å²) in [7, 11) is -3.55. The summed E-state index contributed by atoms with van der Waals surface area (Å²) in [5, 5.41) is 0.277. The average molecular weight is 351 g/mol. The van der Waals surface area contributed by atoms with Crippen LogP contribution in [0.4, 0.5) is 0 Å². The van der Waals surface area contributed by atoms with E-state index >= 15 is 0 Å². The maximum atomic E-state index is 12.7. The van der Waals surface area contributed by atoms with Crippen molar-refractivity contribution in [1.29, 1.82) is 0 Å². The van der Waals surface area contributed by atoms with E-state index in [4.69, 9.17) is 23.2 Å². The van der Waals surface area contributed by atoms with Gasteiger partial charge in [0.25, 0.3) is 0 Å². The summed E-state index contributed by atoms with van der Waals surface area (Å²) in [5.41, 5.74) is 0. The van der Waals surface area contributed by atoms with Gasteiger partial charge in [-0.15, -0.1) is 0 Å². The Balaban J connectivity index is 2.21. The van der Waals surface area contributed by atoms with E-state index in [1.807, 2.05) is 0 Å². The Labute approximate surface area is 136 Å². The molecule has 0 aromatic carbocycles. The second-order valence-corrected chi connectivity index (χ2v) is 8.49. The summed E-state index contributed by atoms with van der Waals surface area (Å²) in [6.45, 7) is 5.48. The number of sulfonamides is 1. The Morgan fingerprint density at radius 2 is 2.00 bits per heavy atom. The Hall–Kier alpha value is -0.360. The van der Waals surface area contributed by atoms with Gasteiger partial charge in [-0.05, 0) is 37.2 Å². The molecule has 0 N–H and O–H groups in total. The van der Waals surface area contributed by atoms with Gasteiger partial charge in [-0.3, -0.25) is 0 Å². The number of aromatic nitrogens is 1. The zero-order valence-corrected chi connectivity index (χ0v) is 14.5. The van der Waals surface area contributed by atoms with E-state index in [0.717, 1.165) is 19.3 Å². The molecule has 118 valence electrons. The van der Waals surface area contributed by atoms with Crippen molar-refractivity contribution < 1.29 is 8.42 Å². The van der Waals surface area contributed by atoms with Gasteiger partial charge in [0.2, 0.25) is 10.0 Å². The Bertz CT molecular complexity index is 605. The smallest absolute Gasteiger partial charge is 0.242 e. The second-order valence-electron chi connectivity index (χ2n) is 5.78. The van der Waals surface area contributed by atoms with Crippen molar-refractivity contribution in [2.45, 2.75) is 38.0 Å². The highest BCUT2D eigenvalue weighted by atomic mass is 35.5. The van der Waals surface area contributed by atoms with Crippen molar-refractivity contribution in [2.75, 3.05) is 13.1 Å². The predicted octanol–water partition coefficient (Wildman–Crippen LogP) is 3.84. The number of hydrogen-bond acceptors (Lipinski definition) is 3. The number of nitrogens with zero attached hydrogens (tertiary/aromatic N) is 2. The summed E-state index contributed by atoms with van der Waals surface area (Å²) >= 11 is 11.6. The zero-order chi connectivity index (χ0) is 15.6. The van der Waals surface area contributed by atoms with Gasteiger partial charge in [0.1, 0.15) is 10.0 Å². The first kappa shape index (κ1) is 17.0. The Kier molecular flexibility index (Phi) is 5.52. The van der Waals surface area contributed by atoms with Crippen LogP contribution in [0.3, 0.4) is 0 Å². The van der Waals surface area contributed by atoms with Crippen LogP contribution in [0.25, 0.3) is 0 Å². The molecule has 1 aromatic rings. The molecule has 0 spiro atoms. The van der Waals surface area contributed by atoms with Crippen molar-refractivity contribution in [3.63, 3.8) is 0 Å². The van der Waals surface area contributed by atoms with Crippen LogP contribution in [0, 0.1) is 11.8 Å². The molecule has 0 amide bonds. The molecule has 2 heterocycles. The van der Waals surface area contributed by atoms with E-state index in [9.17, 15) is 8.42 Å². The van der Waals surface area contributed by atoms with E-state index < -0.39 is 10.0 Å². The number of pyridine rings is 1. The molecule has 7 heteroatoms. The van der Waals surface area contributed by atoms with Crippen molar-refractivity contribution >= 4 is 33.2 Å². The molecule has 4 nitrogen and oxygen atoms in total. The highest BCUT2D eigenvalue weighted by molar-refractivity contribution is 7.89. The summed E-state index contributed by atoms with van der Waals surface area (Å²) in [5.74, 6) is 1.16. The molecule has 0 radical (unpaired) electrons. The van der Waals surface area contributed by atoms with Crippen LogP contribution in [0.15, 0.2) is 17.2 Å². The van der Waals surface area contributed by atoms with Gasteiger partial charge in [-0.1, -0.05) is 37.0 Å². The third kappa shape index (κ3) is 3.89. The van der Waals surface area contributed by atoms with Crippen LogP contribution in [0.2, 0.25) is 10.2 Å². The van der Waals surface area contributed by atoms with Crippen LogP contribution in [0.1, 0.15) is 33.1 Å². The molecule has 1 atom stereocenters. The maximum Gasteiger partial charge on any atom is 0.244 e. The fourth-order valence-electron chi connectivity index (χ4n) is 2.70. The van der Waals surface area contributed by atoms with Crippen LogP contribution in [0.5, 0.6) is 0 Å². The van der Waals surface area contributed by atoms with Gasteiger partial charge in [0, 0.05) is 19.3 Å². The van der Waals surface area contributed by atoms with E-state index in [2.05, 4.69) is 18.8 Å². The van der Waals surface area contributed by atoms with Crippen LogP contribution >= 0.6 is 23.2 Å². The van der Waals surface area contributed by atoms with E-state index in [0.29, 0.717) is 24.9 Å². The number of hydrogen-bond donors (Lipinski definition) is 0. The topological polar surface area (TPSA) is 50.3 Å². The van der Waals surface area contributed by atoms with E-state index in [1.54, 1.807) is 0 Å². The molecular weight excluding hydrogens is 331 g/mol. The molecule has 0 aliphatic carbocycles. The number of halogens is 2. The fraction of sp³-hybridized carbons (Fsp3) is 0.643. The van der Waals surface area contributed by atoms with Crippen LogP contribution in [-0.2, 0) is 10.0 Å². The molecule has 21 heavy (non-hydrogen) atoms. The minimum atomic E-state index is -3.55. The molecule has 1 fully saturated rings. The Morgan fingerprint density at radius 1 is 1.29 bits per heavy atom. The third-order valence-corrected chi connectivity index (χ3v) is 6.63. The highest BCUT2D eigenvalue weighted by Crippen LogP contribution is 2.29. The first-order valence-corrected chi connectivity index (χ1v) is 9.33. The normalized spacial score (nSPS) is 21.5. The van der Waals surface area contributed by atoms with Gasteiger partial charge >= 0.3 is 0 Å². The standard InChI is InChI=1S/C14H20Cl2N2O2S/c1-10(2)11-4-3-6-18(7-5-11)21(19,20)12-8-13(15)14(16)17-9-12/h8-11H,3-7H2,1-2H3. The average Bonchev–Trinajstić information content (AvgIpc) is 2.68. The highest BCUT2D eigenvalue weighted by Gasteiger charge is 2.29. The van der Waals surface area contributed by atoms with E-state index in [-0.39, 0.29) is 15.1 Å². The summed E-state index contributed by atoms with van der Waals surface area (Å²) in [4.78, 5) is 3.95. The SMILES string of the molecule is CC(C)C1CCCN(S(=O)(=O)c2cnc(Cl)c(Cl)c2)CC1. The van der Waals surface area contributed by atoms with Gasteiger partial charge in [0.15, 0.2) is 0 Å². The van der Waals surface area contributed by atoms with Gasteiger partial charge < -0.3 is 0 Å². The largest absolute Gasteiger partial charge is 0.244 e. The first-order valence-electron chi connectivity index (χ1n) is 7.13. The van der Waals surface area contributed by atoms with Gasteiger partial charge in [0.05, 0.1) is 5.02 Å². The molecule has 0 bridgehead atoms. The quantitative estimate of drug-likeness (QED) is 0.778.